The average Bonchev–Trinajstić information content (AvgIpc) is 2.71. The second kappa shape index (κ2) is 9.30. The fourth-order valence-corrected chi connectivity index (χ4v) is 3.50. The van der Waals surface area contributed by atoms with E-state index in [9.17, 15) is 9.59 Å². The number of benzene rings is 2. The summed E-state index contributed by atoms with van der Waals surface area (Å²) in [7, 11) is 1.49. The molecule has 0 aliphatic carbocycles. The third-order valence-corrected chi connectivity index (χ3v) is 4.85. The number of imide groups is 1. The zero-order valence-electron chi connectivity index (χ0n) is 15.6. The number of piperazine rings is 1. The van der Waals surface area contributed by atoms with Gasteiger partial charge in [0.05, 0.1) is 12.6 Å². The number of nitrogens with one attached hydrogen (secondary N) is 2. The van der Waals surface area contributed by atoms with E-state index in [1.54, 1.807) is 0 Å². The van der Waals surface area contributed by atoms with Gasteiger partial charge in [0.2, 0.25) is 5.91 Å². The summed E-state index contributed by atoms with van der Waals surface area (Å²) in [6, 6.07) is 20.8. The Balaban J connectivity index is 1.65. The van der Waals surface area contributed by atoms with Crippen molar-refractivity contribution in [2.24, 2.45) is 0 Å². The Labute approximate surface area is 160 Å². The number of hydrogen-bond acceptors (Lipinski definition) is 4. The second-order valence-electron chi connectivity index (χ2n) is 6.66. The highest BCUT2D eigenvalue weighted by Crippen LogP contribution is 2.29. The minimum Gasteiger partial charge on any atom is -0.341 e. The smallest absolute Gasteiger partial charge is 0.321 e. The molecule has 1 aliphatic heterocycles. The average molecular weight is 366 g/mol. The van der Waals surface area contributed by atoms with Crippen molar-refractivity contribution < 1.29 is 9.59 Å². The third kappa shape index (κ3) is 5.15. The van der Waals surface area contributed by atoms with Crippen LogP contribution in [-0.2, 0) is 4.79 Å². The first-order chi connectivity index (χ1) is 13.2. The SMILES string of the molecule is CNC(=O)NC(=O)CN1CCN(C(c2ccccc2)c2ccccc2)CC1. The van der Waals surface area contributed by atoms with Gasteiger partial charge >= 0.3 is 6.03 Å². The highest BCUT2D eigenvalue weighted by Gasteiger charge is 2.27. The van der Waals surface area contributed by atoms with Crippen molar-refractivity contribution in [2.45, 2.75) is 6.04 Å². The van der Waals surface area contributed by atoms with Crippen molar-refractivity contribution in [1.82, 2.24) is 20.4 Å². The maximum Gasteiger partial charge on any atom is 0.321 e. The topological polar surface area (TPSA) is 64.7 Å². The Bertz CT molecular complexity index is 704. The van der Waals surface area contributed by atoms with Gasteiger partial charge in [0.1, 0.15) is 0 Å². The van der Waals surface area contributed by atoms with E-state index in [-0.39, 0.29) is 18.5 Å². The molecule has 3 rings (SSSR count). The molecule has 1 aliphatic rings. The van der Waals surface area contributed by atoms with E-state index < -0.39 is 6.03 Å². The number of hydrogen-bond donors (Lipinski definition) is 2. The highest BCUT2D eigenvalue weighted by atomic mass is 16.2. The first kappa shape index (κ1) is 19.1. The van der Waals surface area contributed by atoms with E-state index in [0.29, 0.717) is 0 Å². The minimum atomic E-state index is -0.466. The molecule has 0 atom stereocenters. The molecule has 6 heteroatoms. The van der Waals surface area contributed by atoms with E-state index >= 15 is 0 Å². The van der Waals surface area contributed by atoms with Crippen LogP contribution in [0.15, 0.2) is 60.7 Å². The maximum atomic E-state index is 11.9. The number of nitrogens with zero attached hydrogens (tertiary/aromatic N) is 2. The summed E-state index contributed by atoms with van der Waals surface area (Å²) in [6.45, 7) is 3.54. The molecule has 3 amide bonds. The lowest BCUT2D eigenvalue weighted by molar-refractivity contribution is -0.121. The van der Waals surface area contributed by atoms with Crippen LogP contribution < -0.4 is 10.6 Å². The molecule has 0 bridgehead atoms. The van der Waals surface area contributed by atoms with Crippen molar-refractivity contribution in [1.29, 1.82) is 0 Å². The van der Waals surface area contributed by atoms with Gasteiger partial charge in [-0.05, 0) is 11.1 Å². The molecule has 0 aromatic heterocycles. The van der Waals surface area contributed by atoms with Crippen LogP contribution in [0.3, 0.4) is 0 Å². The lowest BCUT2D eigenvalue weighted by atomic mass is 9.96. The van der Waals surface area contributed by atoms with Crippen LogP contribution in [0.5, 0.6) is 0 Å². The van der Waals surface area contributed by atoms with Crippen molar-refractivity contribution >= 4 is 11.9 Å². The highest BCUT2D eigenvalue weighted by molar-refractivity contribution is 5.95. The summed E-state index contributed by atoms with van der Waals surface area (Å²) in [6.07, 6.45) is 0. The second-order valence-corrected chi connectivity index (χ2v) is 6.66. The lowest BCUT2D eigenvalue weighted by Crippen LogP contribution is -2.51. The van der Waals surface area contributed by atoms with Crippen molar-refractivity contribution in [3.8, 4) is 0 Å². The van der Waals surface area contributed by atoms with E-state index in [0.717, 1.165) is 26.2 Å². The normalized spacial score (nSPS) is 15.5. The number of amides is 3. The number of rotatable bonds is 5. The molecule has 27 heavy (non-hydrogen) atoms. The fourth-order valence-electron chi connectivity index (χ4n) is 3.50. The van der Waals surface area contributed by atoms with Crippen LogP contribution in [-0.4, -0.2) is 61.5 Å². The van der Waals surface area contributed by atoms with Crippen LogP contribution >= 0.6 is 0 Å². The molecule has 0 unspecified atom stereocenters. The monoisotopic (exact) mass is 366 g/mol. The van der Waals surface area contributed by atoms with Crippen LogP contribution in [0, 0.1) is 0 Å². The fraction of sp³-hybridized carbons (Fsp3) is 0.333. The summed E-state index contributed by atoms with van der Waals surface area (Å²) in [5.74, 6) is -0.273. The molecule has 0 spiro atoms. The third-order valence-electron chi connectivity index (χ3n) is 4.85. The Kier molecular flexibility index (Phi) is 6.57. The van der Waals surface area contributed by atoms with Gasteiger partial charge in [0.15, 0.2) is 0 Å². The van der Waals surface area contributed by atoms with Crippen LogP contribution in [0.2, 0.25) is 0 Å². The van der Waals surface area contributed by atoms with Crippen molar-refractivity contribution in [3.05, 3.63) is 71.8 Å². The molecule has 1 heterocycles. The van der Waals surface area contributed by atoms with E-state index in [1.807, 2.05) is 12.1 Å². The summed E-state index contributed by atoms with van der Waals surface area (Å²) >= 11 is 0. The molecule has 0 radical (unpaired) electrons. The molecule has 0 saturated carbocycles. The Morgan fingerprint density at radius 1 is 0.889 bits per heavy atom. The molecular weight excluding hydrogens is 340 g/mol. The Morgan fingerprint density at radius 3 is 1.89 bits per heavy atom. The van der Waals surface area contributed by atoms with E-state index in [1.165, 1.54) is 18.2 Å². The predicted molar refractivity (Wildman–Crippen MR) is 105 cm³/mol. The van der Waals surface area contributed by atoms with Gasteiger partial charge in [-0.3, -0.25) is 19.9 Å². The minimum absolute atomic E-state index is 0.203. The summed E-state index contributed by atoms with van der Waals surface area (Å²) in [4.78, 5) is 27.7. The molecule has 142 valence electrons. The van der Waals surface area contributed by atoms with Crippen LogP contribution in [0.25, 0.3) is 0 Å². The molecule has 2 aromatic carbocycles. The Morgan fingerprint density at radius 2 is 1.41 bits per heavy atom. The van der Waals surface area contributed by atoms with Crippen molar-refractivity contribution in [3.63, 3.8) is 0 Å². The van der Waals surface area contributed by atoms with Crippen LogP contribution in [0.4, 0.5) is 4.79 Å². The van der Waals surface area contributed by atoms with E-state index in [2.05, 4.69) is 69.0 Å². The Hall–Kier alpha value is -2.70. The van der Waals surface area contributed by atoms with Crippen LogP contribution in [0.1, 0.15) is 17.2 Å². The van der Waals surface area contributed by atoms with Gasteiger partial charge in [0, 0.05) is 33.2 Å². The van der Waals surface area contributed by atoms with Gasteiger partial charge in [-0.15, -0.1) is 0 Å². The van der Waals surface area contributed by atoms with Gasteiger partial charge in [-0.2, -0.15) is 0 Å². The number of carbonyl (C=O) groups excluding carboxylic acids is 2. The zero-order valence-corrected chi connectivity index (χ0v) is 15.6. The van der Waals surface area contributed by atoms with Gasteiger partial charge in [-0.1, -0.05) is 60.7 Å². The van der Waals surface area contributed by atoms with Gasteiger partial charge in [0.25, 0.3) is 0 Å². The van der Waals surface area contributed by atoms with E-state index in [4.69, 9.17) is 0 Å². The molecule has 2 aromatic rings. The molecule has 6 nitrogen and oxygen atoms in total. The first-order valence-corrected chi connectivity index (χ1v) is 9.25. The number of carbonyl (C=O) groups is 2. The standard InChI is InChI=1S/C21H26N4O2/c1-22-21(27)23-19(26)16-24-12-14-25(15-13-24)20(17-8-4-2-5-9-17)18-10-6-3-7-11-18/h2-11,20H,12-16H2,1H3,(H2,22,23,26,27). The zero-order chi connectivity index (χ0) is 19.1. The summed E-state index contributed by atoms with van der Waals surface area (Å²) < 4.78 is 0. The van der Waals surface area contributed by atoms with Gasteiger partial charge < -0.3 is 5.32 Å². The quantitative estimate of drug-likeness (QED) is 0.848. The molecule has 1 fully saturated rings. The largest absolute Gasteiger partial charge is 0.341 e. The van der Waals surface area contributed by atoms with Crippen molar-refractivity contribution in [2.75, 3.05) is 39.8 Å². The first-order valence-electron chi connectivity index (χ1n) is 9.25. The molecular formula is C21H26N4O2. The number of urea groups is 1. The predicted octanol–water partition coefficient (Wildman–Crippen LogP) is 1.85. The maximum absolute atomic E-state index is 11.9. The lowest BCUT2D eigenvalue weighted by Gasteiger charge is -2.39. The summed E-state index contributed by atoms with van der Waals surface area (Å²) in [5.41, 5.74) is 2.55. The molecule has 2 N–H and O–H groups in total. The molecule has 1 saturated heterocycles. The summed E-state index contributed by atoms with van der Waals surface area (Å²) in [5, 5.41) is 4.71. The van der Waals surface area contributed by atoms with Gasteiger partial charge in [-0.25, -0.2) is 4.79 Å².